The smallest absolute Gasteiger partial charge is 0.118 e. The molecule has 0 atom stereocenters. The highest BCUT2D eigenvalue weighted by molar-refractivity contribution is 6.17. The third-order valence-corrected chi connectivity index (χ3v) is 1.84. The fourth-order valence-electron chi connectivity index (χ4n) is 0.979. The Hall–Kier alpha value is -0.690. The summed E-state index contributed by atoms with van der Waals surface area (Å²) in [4.78, 5) is 0. The summed E-state index contributed by atoms with van der Waals surface area (Å²) >= 11 is 5.52. The van der Waals surface area contributed by atoms with Crippen LogP contribution in [-0.2, 0) is 6.42 Å². The van der Waals surface area contributed by atoms with Gasteiger partial charge in [0.2, 0.25) is 0 Å². The highest BCUT2D eigenvalue weighted by Gasteiger charge is 1.97. The first-order valence-electron chi connectivity index (χ1n) is 3.67. The molecule has 0 unspecified atom stereocenters. The molecule has 1 nitrogen and oxygen atoms in total. The molecule has 0 heterocycles. The van der Waals surface area contributed by atoms with E-state index in [4.69, 9.17) is 11.6 Å². The van der Waals surface area contributed by atoms with Gasteiger partial charge in [0.05, 0.1) is 0 Å². The molecule has 0 radical (unpaired) electrons. The number of para-hydroxylation sites is 1. The lowest BCUT2D eigenvalue weighted by molar-refractivity contribution is 0.467. The Morgan fingerprint density at radius 3 is 2.64 bits per heavy atom. The summed E-state index contributed by atoms with van der Waals surface area (Å²) in [6.45, 7) is 0. The maximum Gasteiger partial charge on any atom is 0.118 e. The molecule has 1 aromatic rings. The maximum absolute atomic E-state index is 9.29. The molecule has 2 heteroatoms. The molecule has 0 aliphatic rings. The van der Waals surface area contributed by atoms with Crippen LogP contribution in [0.5, 0.6) is 5.75 Å². The molecule has 1 aromatic carbocycles. The second-order valence-electron chi connectivity index (χ2n) is 2.42. The van der Waals surface area contributed by atoms with Crippen molar-refractivity contribution in [1.29, 1.82) is 0 Å². The molecule has 0 saturated carbocycles. The predicted octanol–water partition coefficient (Wildman–Crippen LogP) is 2.56. The predicted molar refractivity (Wildman–Crippen MR) is 47.1 cm³/mol. The molecule has 60 valence electrons. The quantitative estimate of drug-likeness (QED) is 0.692. The third kappa shape index (κ3) is 2.43. The number of phenolic OH excluding ortho intramolecular Hbond substituents is 1. The molecular weight excluding hydrogens is 160 g/mol. The van der Waals surface area contributed by atoms with Crippen LogP contribution in [-0.4, -0.2) is 11.0 Å². The standard InChI is InChI=1S/C9H11ClO/c10-7-3-5-8-4-1-2-6-9(8)11/h1-2,4,6,11H,3,5,7H2. The molecule has 11 heavy (non-hydrogen) atoms. The summed E-state index contributed by atoms with van der Waals surface area (Å²) < 4.78 is 0. The lowest BCUT2D eigenvalue weighted by Crippen LogP contribution is -1.85. The van der Waals surface area contributed by atoms with Crippen LogP contribution in [0.1, 0.15) is 12.0 Å². The molecule has 0 fully saturated rings. The van der Waals surface area contributed by atoms with Gasteiger partial charge in [-0.3, -0.25) is 0 Å². The topological polar surface area (TPSA) is 20.2 Å². The summed E-state index contributed by atoms with van der Waals surface area (Å²) in [6.07, 6.45) is 1.77. The number of hydrogen-bond donors (Lipinski definition) is 1. The van der Waals surface area contributed by atoms with Crippen LogP contribution in [0.4, 0.5) is 0 Å². The lowest BCUT2D eigenvalue weighted by atomic mass is 10.1. The van der Waals surface area contributed by atoms with Crippen LogP contribution < -0.4 is 0 Å². The summed E-state index contributed by atoms with van der Waals surface area (Å²) in [6, 6.07) is 7.36. The van der Waals surface area contributed by atoms with E-state index >= 15 is 0 Å². The van der Waals surface area contributed by atoms with Gasteiger partial charge >= 0.3 is 0 Å². The number of benzene rings is 1. The fraction of sp³-hybridized carbons (Fsp3) is 0.333. The number of aromatic hydroxyl groups is 1. The molecule has 0 amide bonds. The first-order chi connectivity index (χ1) is 5.34. The molecule has 1 N–H and O–H groups in total. The monoisotopic (exact) mass is 170 g/mol. The zero-order chi connectivity index (χ0) is 8.10. The minimum absolute atomic E-state index is 0.373. The van der Waals surface area contributed by atoms with Gasteiger partial charge in [0.1, 0.15) is 5.75 Å². The molecule has 0 aliphatic carbocycles. The average Bonchev–Trinajstić information content (AvgIpc) is 2.03. The summed E-state index contributed by atoms with van der Waals surface area (Å²) in [5, 5.41) is 9.29. The molecule has 0 bridgehead atoms. The Balaban J connectivity index is 2.62. The fourth-order valence-corrected chi connectivity index (χ4v) is 1.11. The van der Waals surface area contributed by atoms with E-state index in [0.717, 1.165) is 18.4 Å². The van der Waals surface area contributed by atoms with Crippen molar-refractivity contribution in [3.8, 4) is 5.75 Å². The van der Waals surface area contributed by atoms with Gasteiger partial charge in [-0.15, -0.1) is 11.6 Å². The molecule has 0 aromatic heterocycles. The Bertz CT molecular complexity index is 223. The van der Waals surface area contributed by atoms with Gasteiger partial charge in [-0.05, 0) is 24.5 Å². The van der Waals surface area contributed by atoms with Crippen LogP contribution >= 0.6 is 11.6 Å². The number of alkyl halides is 1. The van der Waals surface area contributed by atoms with E-state index < -0.39 is 0 Å². The van der Waals surface area contributed by atoms with Crippen molar-refractivity contribution in [2.45, 2.75) is 12.8 Å². The van der Waals surface area contributed by atoms with Crippen LogP contribution in [0.2, 0.25) is 0 Å². The van der Waals surface area contributed by atoms with Gasteiger partial charge in [0.25, 0.3) is 0 Å². The van der Waals surface area contributed by atoms with Crippen LogP contribution in [0.25, 0.3) is 0 Å². The van der Waals surface area contributed by atoms with Gasteiger partial charge < -0.3 is 5.11 Å². The van der Waals surface area contributed by atoms with Gasteiger partial charge in [-0.2, -0.15) is 0 Å². The Kier molecular flexibility index (Phi) is 3.24. The number of phenols is 1. The Morgan fingerprint density at radius 2 is 2.00 bits per heavy atom. The van der Waals surface area contributed by atoms with Crippen molar-refractivity contribution < 1.29 is 5.11 Å². The summed E-state index contributed by atoms with van der Waals surface area (Å²) in [5.41, 5.74) is 0.980. The SMILES string of the molecule is Oc1ccccc1CCCCl. The summed E-state index contributed by atoms with van der Waals surface area (Å²) in [7, 11) is 0. The van der Waals surface area contributed by atoms with E-state index in [1.54, 1.807) is 6.07 Å². The first-order valence-corrected chi connectivity index (χ1v) is 4.21. The maximum atomic E-state index is 9.29. The number of rotatable bonds is 3. The molecule has 0 saturated heterocycles. The molecule has 0 spiro atoms. The van der Waals surface area contributed by atoms with E-state index in [0.29, 0.717) is 11.6 Å². The van der Waals surface area contributed by atoms with Crippen LogP contribution in [0.15, 0.2) is 24.3 Å². The van der Waals surface area contributed by atoms with Crippen molar-refractivity contribution >= 4 is 11.6 Å². The van der Waals surface area contributed by atoms with E-state index in [2.05, 4.69) is 0 Å². The molecule has 0 aliphatic heterocycles. The Labute approximate surface area is 71.6 Å². The van der Waals surface area contributed by atoms with Gasteiger partial charge in [0, 0.05) is 5.88 Å². The molecular formula is C9H11ClO. The van der Waals surface area contributed by atoms with Gasteiger partial charge in [-0.1, -0.05) is 18.2 Å². The van der Waals surface area contributed by atoms with Crippen molar-refractivity contribution in [3.63, 3.8) is 0 Å². The zero-order valence-corrected chi connectivity index (χ0v) is 7.01. The lowest BCUT2D eigenvalue weighted by Gasteiger charge is -2.00. The number of halogens is 1. The van der Waals surface area contributed by atoms with Crippen molar-refractivity contribution in [2.24, 2.45) is 0 Å². The van der Waals surface area contributed by atoms with Crippen molar-refractivity contribution in [3.05, 3.63) is 29.8 Å². The second kappa shape index (κ2) is 4.24. The van der Waals surface area contributed by atoms with E-state index in [1.807, 2.05) is 18.2 Å². The van der Waals surface area contributed by atoms with Gasteiger partial charge in [-0.25, -0.2) is 0 Å². The third-order valence-electron chi connectivity index (χ3n) is 1.57. The summed E-state index contributed by atoms with van der Waals surface area (Å²) in [5.74, 6) is 1.02. The van der Waals surface area contributed by atoms with Gasteiger partial charge in [0.15, 0.2) is 0 Å². The minimum Gasteiger partial charge on any atom is -0.508 e. The average molecular weight is 171 g/mol. The second-order valence-corrected chi connectivity index (χ2v) is 2.80. The van der Waals surface area contributed by atoms with Crippen LogP contribution in [0, 0.1) is 0 Å². The highest BCUT2D eigenvalue weighted by Crippen LogP contribution is 2.17. The highest BCUT2D eigenvalue weighted by atomic mass is 35.5. The Morgan fingerprint density at radius 1 is 1.27 bits per heavy atom. The van der Waals surface area contributed by atoms with E-state index in [9.17, 15) is 5.11 Å². The normalized spacial score (nSPS) is 9.91. The zero-order valence-electron chi connectivity index (χ0n) is 6.26. The van der Waals surface area contributed by atoms with Crippen LogP contribution in [0.3, 0.4) is 0 Å². The van der Waals surface area contributed by atoms with Crippen molar-refractivity contribution in [1.82, 2.24) is 0 Å². The van der Waals surface area contributed by atoms with Crippen molar-refractivity contribution in [2.75, 3.05) is 5.88 Å². The first kappa shape index (κ1) is 8.41. The minimum atomic E-state index is 0.373. The van der Waals surface area contributed by atoms with E-state index in [-0.39, 0.29) is 0 Å². The molecule has 1 rings (SSSR count). The number of aryl methyl sites for hydroxylation is 1. The van der Waals surface area contributed by atoms with E-state index in [1.165, 1.54) is 0 Å². The number of hydrogen-bond acceptors (Lipinski definition) is 1. The largest absolute Gasteiger partial charge is 0.508 e.